The Bertz CT molecular complexity index is 528. The Morgan fingerprint density at radius 1 is 1.25 bits per heavy atom. The first kappa shape index (κ1) is 14.3. The lowest BCUT2D eigenvalue weighted by molar-refractivity contribution is -0.116. The standard InChI is InChI=1S/C16H19NO3/c1-16(2,3)20-15(19)17-10-9-13(18)11-14(17)12-7-5-4-6-8-12/h4-10,14H,11H2,1-3H3/t14-/m0/s1. The molecule has 0 aromatic heterocycles. The first-order valence-electron chi connectivity index (χ1n) is 6.64. The largest absolute Gasteiger partial charge is 0.443 e. The van der Waals surface area contributed by atoms with E-state index in [1.54, 1.807) is 0 Å². The lowest BCUT2D eigenvalue weighted by Crippen LogP contribution is -2.38. The van der Waals surface area contributed by atoms with E-state index in [2.05, 4.69) is 0 Å². The highest BCUT2D eigenvalue weighted by molar-refractivity contribution is 5.92. The molecule has 0 saturated carbocycles. The van der Waals surface area contributed by atoms with Crippen molar-refractivity contribution in [2.75, 3.05) is 0 Å². The van der Waals surface area contributed by atoms with Crippen LogP contribution in [0.3, 0.4) is 0 Å². The van der Waals surface area contributed by atoms with Crippen molar-refractivity contribution >= 4 is 11.9 Å². The Balaban J connectivity index is 2.26. The lowest BCUT2D eigenvalue weighted by atomic mass is 9.98. The van der Waals surface area contributed by atoms with E-state index in [1.165, 1.54) is 17.2 Å². The molecule has 0 spiro atoms. The van der Waals surface area contributed by atoms with Crippen molar-refractivity contribution in [1.29, 1.82) is 0 Å². The normalized spacial score (nSPS) is 19.1. The Labute approximate surface area is 119 Å². The summed E-state index contributed by atoms with van der Waals surface area (Å²) in [5, 5.41) is 0. The molecule has 1 amide bonds. The van der Waals surface area contributed by atoms with Gasteiger partial charge in [-0.05, 0) is 32.4 Å². The van der Waals surface area contributed by atoms with Crippen LogP contribution in [0.4, 0.5) is 4.79 Å². The van der Waals surface area contributed by atoms with Crippen molar-refractivity contribution in [2.45, 2.75) is 38.8 Å². The Morgan fingerprint density at radius 3 is 2.50 bits per heavy atom. The van der Waals surface area contributed by atoms with Crippen LogP contribution in [0.2, 0.25) is 0 Å². The molecule has 1 aliphatic heterocycles. The Hall–Kier alpha value is -2.10. The van der Waals surface area contributed by atoms with Crippen LogP contribution in [0.25, 0.3) is 0 Å². The third-order valence-corrected chi connectivity index (χ3v) is 2.94. The molecular formula is C16H19NO3. The number of benzene rings is 1. The van der Waals surface area contributed by atoms with Crippen LogP contribution in [0.1, 0.15) is 38.8 Å². The number of ketones is 1. The number of nitrogens with zero attached hydrogens (tertiary/aromatic N) is 1. The van der Waals surface area contributed by atoms with Gasteiger partial charge in [0.25, 0.3) is 0 Å². The van der Waals surface area contributed by atoms with Gasteiger partial charge in [-0.2, -0.15) is 0 Å². The summed E-state index contributed by atoms with van der Waals surface area (Å²) in [6.45, 7) is 5.46. The number of hydrogen-bond acceptors (Lipinski definition) is 3. The molecule has 0 unspecified atom stereocenters. The molecular weight excluding hydrogens is 254 g/mol. The maximum absolute atomic E-state index is 12.2. The monoisotopic (exact) mass is 273 g/mol. The van der Waals surface area contributed by atoms with Crippen LogP contribution in [0.15, 0.2) is 42.6 Å². The van der Waals surface area contributed by atoms with E-state index in [4.69, 9.17) is 4.74 Å². The van der Waals surface area contributed by atoms with Crippen LogP contribution >= 0.6 is 0 Å². The van der Waals surface area contributed by atoms with Gasteiger partial charge in [0.15, 0.2) is 5.78 Å². The van der Waals surface area contributed by atoms with Gasteiger partial charge >= 0.3 is 6.09 Å². The predicted molar refractivity (Wildman–Crippen MR) is 76.0 cm³/mol. The minimum absolute atomic E-state index is 0.0126. The SMILES string of the molecule is CC(C)(C)OC(=O)N1C=CC(=O)C[C@H]1c1ccccc1. The van der Waals surface area contributed by atoms with E-state index in [0.29, 0.717) is 0 Å². The van der Waals surface area contributed by atoms with Crippen molar-refractivity contribution in [1.82, 2.24) is 4.90 Å². The molecule has 4 nitrogen and oxygen atoms in total. The molecule has 0 radical (unpaired) electrons. The highest BCUT2D eigenvalue weighted by atomic mass is 16.6. The molecule has 106 valence electrons. The zero-order chi connectivity index (χ0) is 14.8. The number of carbonyl (C=O) groups excluding carboxylic acids is 2. The van der Waals surface area contributed by atoms with Gasteiger partial charge in [0.05, 0.1) is 6.04 Å². The molecule has 4 heteroatoms. The van der Waals surface area contributed by atoms with E-state index in [1.807, 2.05) is 51.1 Å². The average Bonchev–Trinajstić information content (AvgIpc) is 2.37. The molecule has 1 aromatic rings. The van der Waals surface area contributed by atoms with E-state index in [-0.39, 0.29) is 18.2 Å². The molecule has 0 aliphatic carbocycles. The molecule has 0 saturated heterocycles. The first-order valence-corrected chi connectivity index (χ1v) is 6.64. The fraction of sp³-hybridized carbons (Fsp3) is 0.375. The van der Waals surface area contributed by atoms with Crippen LogP contribution in [0, 0.1) is 0 Å². The van der Waals surface area contributed by atoms with E-state index in [9.17, 15) is 9.59 Å². The third kappa shape index (κ3) is 3.47. The number of rotatable bonds is 1. The van der Waals surface area contributed by atoms with Crippen LogP contribution in [0.5, 0.6) is 0 Å². The second kappa shape index (κ2) is 5.49. The summed E-state index contributed by atoms with van der Waals surface area (Å²) < 4.78 is 5.39. The van der Waals surface area contributed by atoms with Crippen molar-refractivity contribution in [2.24, 2.45) is 0 Å². The molecule has 0 fully saturated rings. The topological polar surface area (TPSA) is 46.6 Å². The van der Waals surface area contributed by atoms with Crippen LogP contribution < -0.4 is 0 Å². The van der Waals surface area contributed by atoms with Gasteiger partial charge in [-0.25, -0.2) is 4.79 Å². The molecule has 1 aromatic carbocycles. The highest BCUT2D eigenvalue weighted by Gasteiger charge is 2.31. The quantitative estimate of drug-likeness (QED) is 0.787. The van der Waals surface area contributed by atoms with Gasteiger partial charge in [-0.1, -0.05) is 30.3 Å². The predicted octanol–water partition coefficient (Wildman–Crippen LogP) is 3.45. The maximum Gasteiger partial charge on any atom is 0.414 e. The van der Waals surface area contributed by atoms with Gasteiger partial charge in [-0.15, -0.1) is 0 Å². The van der Waals surface area contributed by atoms with Crippen LogP contribution in [-0.2, 0) is 9.53 Å². The molecule has 0 N–H and O–H groups in total. The van der Waals surface area contributed by atoms with Gasteiger partial charge in [0.2, 0.25) is 0 Å². The van der Waals surface area contributed by atoms with E-state index < -0.39 is 11.7 Å². The minimum Gasteiger partial charge on any atom is -0.443 e. The van der Waals surface area contributed by atoms with Gasteiger partial charge in [0.1, 0.15) is 5.60 Å². The third-order valence-electron chi connectivity index (χ3n) is 2.94. The fourth-order valence-electron chi connectivity index (χ4n) is 2.08. The van der Waals surface area contributed by atoms with E-state index >= 15 is 0 Å². The lowest BCUT2D eigenvalue weighted by Gasteiger charge is -2.33. The minimum atomic E-state index is -0.562. The summed E-state index contributed by atoms with van der Waals surface area (Å²) in [5.41, 5.74) is 0.365. The summed E-state index contributed by atoms with van der Waals surface area (Å²) in [5.74, 6) is 0.0126. The summed E-state index contributed by atoms with van der Waals surface area (Å²) in [6.07, 6.45) is 2.77. The maximum atomic E-state index is 12.2. The molecule has 1 heterocycles. The van der Waals surface area contributed by atoms with Crippen molar-refractivity contribution in [3.63, 3.8) is 0 Å². The van der Waals surface area contributed by atoms with Crippen molar-refractivity contribution < 1.29 is 14.3 Å². The number of amides is 1. The van der Waals surface area contributed by atoms with Crippen molar-refractivity contribution in [3.8, 4) is 0 Å². The van der Waals surface area contributed by atoms with Gasteiger partial charge < -0.3 is 4.74 Å². The summed E-state index contributed by atoms with van der Waals surface area (Å²) in [4.78, 5) is 25.4. The average molecular weight is 273 g/mol. The number of ether oxygens (including phenoxy) is 1. The smallest absolute Gasteiger partial charge is 0.414 e. The first-order chi connectivity index (χ1) is 9.37. The summed E-state index contributed by atoms with van der Waals surface area (Å²) in [7, 11) is 0. The Morgan fingerprint density at radius 2 is 1.90 bits per heavy atom. The van der Waals surface area contributed by atoms with Crippen molar-refractivity contribution in [3.05, 3.63) is 48.2 Å². The zero-order valence-corrected chi connectivity index (χ0v) is 12.0. The highest BCUT2D eigenvalue weighted by Crippen LogP contribution is 2.29. The van der Waals surface area contributed by atoms with Crippen LogP contribution in [-0.4, -0.2) is 22.4 Å². The fourth-order valence-corrected chi connectivity index (χ4v) is 2.08. The van der Waals surface area contributed by atoms with Gasteiger partial charge in [0, 0.05) is 12.6 Å². The molecule has 0 bridgehead atoms. The van der Waals surface area contributed by atoms with Gasteiger partial charge in [-0.3, -0.25) is 9.69 Å². The second-order valence-corrected chi connectivity index (χ2v) is 5.80. The number of hydrogen-bond donors (Lipinski definition) is 0. The molecule has 1 atom stereocenters. The zero-order valence-electron chi connectivity index (χ0n) is 12.0. The molecule has 1 aliphatic rings. The molecule has 20 heavy (non-hydrogen) atoms. The summed E-state index contributed by atoms with van der Waals surface area (Å²) in [6, 6.07) is 9.21. The molecule has 2 rings (SSSR count). The number of carbonyl (C=O) groups is 2. The number of allylic oxidation sites excluding steroid dienone is 1. The van der Waals surface area contributed by atoms with E-state index in [0.717, 1.165) is 5.56 Å². The second-order valence-electron chi connectivity index (χ2n) is 5.80. The Kier molecular flexibility index (Phi) is 3.93. The summed E-state index contributed by atoms with van der Waals surface area (Å²) >= 11 is 0.